The van der Waals surface area contributed by atoms with E-state index >= 15 is 0 Å². The van der Waals surface area contributed by atoms with Gasteiger partial charge in [0.1, 0.15) is 0 Å². The van der Waals surface area contributed by atoms with Crippen LogP contribution in [0.3, 0.4) is 0 Å². The van der Waals surface area contributed by atoms with Gasteiger partial charge < -0.3 is 4.57 Å². The van der Waals surface area contributed by atoms with Crippen LogP contribution in [0.25, 0.3) is 10.4 Å². The minimum Gasteiger partial charge on any atom is -0.351 e. The summed E-state index contributed by atoms with van der Waals surface area (Å²) in [5.41, 5.74) is 9.55. The number of azide groups is 1. The van der Waals surface area contributed by atoms with E-state index < -0.39 is 0 Å². The molecule has 1 aliphatic heterocycles. The Hall–Kier alpha value is -1.41. The molecule has 0 bridgehead atoms. The van der Waals surface area contributed by atoms with Crippen molar-refractivity contribution in [3.8, 4) is 0 Å². The van der Waals surface area contributed by atoms with Gasteiger partial charge in [0.25, 0.3) is 0 Å². The van der Waals surface area contributed by atoms with E-state index in [0.717, 1.165) is 19.4 Å². The maximum Gasteiger partial charge on any atom is 0.0445 e. The van der Waals surface area contributed by atoms with Gasteiger partial charge in [-0.05, 0) is 30.5 Å². The molecule has 1 unspecified atom stereocenters. The lowest BCUT2D eigenvalue weighted by Crippen LogP contribution is -2.20. The second-order valence-electron chi connectivity index (χ2n) is 3.04. The quantitative estimate of drug-likeness (QED) is 0.345. The Labute approximate surface area is 70.4 Å². The summed E-state index contributed by atoms with van der Waals surface area (Å²) in [6.07, 6.45) is 3.92. The van der Waals surface area contributed by atoms with Gasteiger partial charge in [-0.3, -0.25) is 0 Å². The van der Waals surface area contributed by atoms with Crippen LogP contribution in [-0.2, 0) is 13.0 Å². The zero-order chi connectivity index (χ0) is 8.39. The number of hydrogen-bond donors (Lipinski definition) is 0. The highest BCUT2D eigenvalue weighted by molar-refractivity contribution is 5.11. The zero-order valence-corrected chi connectivity index (χ0v) is 6.72. The van der Waals surface area contributed by atoms with Crippen LogP contribution in [0, 0.1) is 0 Å². The summed E-state index contributed by atoms with van der Waals surface area (Å²) in [6, 6.07) is 4.28. The normalized spacial score (nSPS) is 21.2. The third-order valence-corrected chi connectivity index (χ3v) is 2.29. The highest BCUT2D eigenvalue weighted by Gasteiger charge is 2.15. The first-order chi connectivity index (χ1) is 5.90. The first-order valence-corrected chi connectivity index (χ1v) is 4.08. The van der Waals surface area contributed by atoms with E-state index in [9.17, 15) is 0 Å². The smallest absolute Gasteiger partial charge is 0.0445 e. The summed E-state index contributed by atoms with van der Waals surface area (Å²) < 4.78 is 2.21. The Morgan fingerprint density at radius 2 is 2.58 bits per heavy atom. The molecule has 1 aliphatic rings. The minimum absolute atomic E-state index is 0.164. The van der Waals surface area contributed by atoms with E-state index in [1.807, 2.05) is 6.07 Å². The van der Waals surface area contributed by atoms with Crippen molar-refractivity contribution in [2.24, 2.45) is 5.11 Å². The fourth-order valence-corrected chi connectivity index (χ4v) is 1.66. The van der Waals surface area contributed by atoms with Gasteiger partial charge in [0.05, 0.1) is 0 Å². The molecule has 0 aliphatic carbocycles. The van der Waals surface area contributed by atoms with Crippen LogP contribution in [0.4, 0.5) is 0 Å². The van der Waals surface area contributed by atoms with Crippen LogP contribution in [-0.4, -0.2) is 10.6 Å². The standard InChI is InChI=1S/C8H10N4/c9-11-10-7-3-5-12-4-1-2-8(12)6-7/h1-2,4,7H,3,5-6H2. The van der Waals surface area contributed by atoms with Crippen molar-refractivity contribution < 1.29 is 0 Å². The molecule has 0 saturated carbocycles. The second kappa shape index (κ2) is 2.91. The van der Waals surface area contributed by atoms with Crippen LogP contribution in [0.15, 0.2) is 23.4 Å². The molecule has 4 heteroatoms. The second-order valence-corrected chi connectivity index (χ2v) is 3.04. The summed E-state index contributed by atoms with van der Waals surface area (Å²) >= 11 is 0. The van der Waals surface area contributed by atoms with Gasteiger partial charge in [-0.1, -0.05) is 5.11 Å². The first kappa shape index (κ1) is 7.25. The summed E-state index contributed by atoms with van der Waals surface area (Å²) in [4.78, 5) is 2.83. The predicted molar refractivity (Wildman–Crippen MR) is 45.7 cm³/mol. The van der Waals surface area contributed by atoms with E-state index in [1.54, 1.807) is 0 Å². The average molecular weight is 162 g/mol. The SMILES string of the molecule is [N-]=[N+]=NC1CCn2cccc2C1. The summed E-state index contributed by atoms with van der Waals surface area (Å²) in [6.45, 7) is 0.978. The molecule has 1 aromatic rings. The van der Waals surface area contributed by atoms with Gasteiger partial charge in [-0.25, -0.2) is 0 Å². The Bertz CT molecular complexity index is 322. The van der Waals surface area contributed by atoms with Gasteiger partial charge in [-0.15, -0.1) is 0 Å². The van der Waals surface area contributed by atoms with Crippen molar-refractivity contribution in [1.82, 2.24) is 4.57 Å². The van der Waals surface area contributed by atoms with Crippen molar-refractivity contribution in [2.75, 3.05) is 0 Å². The monoisotopic (exact) mass is 162 g/mol. The van der Waals surface area contributed by atoms with Crippen molar-refractivity contribution in [2.45, 2.75) is 25.4 Å². The van der Waals surface area contributed by atoms with Gasteiger partial charge in [0, 0.05) is 29.4 Å². The maximum atomic E-state index is 8.27. The summed E-state index contributed by atoms with van der Waals surface area (Å²) in [5, 5.41) is 3.73. The Balaban J connectivity index is 2.20. The number of hydrogen-bond acceptors (Lipinski definition) is 1. The van der Waals surface area contributed by atoms with Crippen LogP contribution in [0.2, 0.25) is 0 Å². The van der Waals surface area contributed by atoms with Crippen molar-refractivity contribution >= 4 is 0 Å². The lowest BCUT2D eigenvalue weighted by molar-refractivity contribution is 0.471. The molecule has 12 heavy (non-hydrogen) atoms. The van der Waals surface area contributed by atoms with E-state index in [2.05, 4.69) is 26.9 Å². The van der Waals surface area contributed by atoms with Crippen molar-refractivity contribution in [3.05, 3.63) is 34.5 Å². The Kier molecular flexibility index (Phi) is 1.76. The molecule has 0 fully saturated rings. The maximum absolute atomic E-state index is 8.27. The molecule has 62 valence electrons. The lowest BCUT2D eigenvalue weighted by Gasteiger charge is -2.20. The van der Waals surface area contributed by atoms with Gasteiger partial charge in [0.2, 0.25) is 0 Å². The third-order valence-electron chi connectivity index (χ3n) is 2.29. The molecule has 4 nitrogen and oxygen atoms in total. The molecule has 1 atom stereocenters. The molecule has 0 radical (unpaired) electrons. The summed E-state index contributed by atoms with van der Waals surface area (Å²) in [7, 11) is 0. The molecular formula is C8H10N4. The zero-order valence-electron chi connectivity index (χ0n) is 6.72. The third kappa shape index (κ3) is 1.17. The fraction of sp³-hybridized carbons (Fsp3) is 0.500. The van der Waals surface area contributed by atoms with E-state index in [4.69, 9.17) is 5.53 Å². The number of aromatic nitrogens is 1. The first-order valence-electron chi connectivity index (χ1n) is 4.08. The van der Waals surface area contributed by atoms with Crippen LogP contribution in [0.1, 0.15) is 12.1 Å². The average Bonchev–Trinajstić information content (AvgIpc) is 2.51. The molecule has 0 aromatic carbocycles. The molecule has 0 amide bonds. The summed E-state index contributed by atoms with van der Waals surface area (Å²) in [5.74, 6) is 0. The van der Waals surface area contributed by atoms with E-state index in [0.29, 0.717) is 0 Å². The molecule has 0 N–H and O–H groups in total. The van der Waals surface area contributed by atoms with Gasteiger partial charge in [-0.2, -0.15) is 0 Å². The molecular weight excluding hydrogens is 152 g/mol. The van der Waals surface area contributed by atoms with Gasteiger partial charge in [0.15, 0.2) is 0 Å². The Morgan fingerprint density at radius 1 is 1.67 bits per heavy atom. The van der Waals surface area contributed by atoms with Crippen LogP contribution in [0.5, 0.6) is 0 Å². The van der Waals surface area contributed by atoms with Crippen LogP contribution >= 0.6 is 0 Å². The molecule has 2 heterocycles. The predicted octanol–water partition coefficient (Wildman–Crippen LogP) is 2.11. The highest BCUT2D eigenvalue weighted by Crippen LogP contribution is 2.17. The topological polar surface area (TPSA) is 53.7 Å². The number of aryl methyl sites for hydroxylation is 1. The number of fused-ring (bicyclic) bond motifs is 1. The molecule has 0 spiro atoms. The largest absolute Gasteiger partial charge is 0.351 e. The fourth-order valence-electron chi connectivity index (χ4n) is 1.66. The number of nitrogens with zero attached hydrogens (tertiary/aromatic N) is 4. The van der Waals surface area contributed by atoms with Crippen molar-refractivity contribution in [1.29, 1.82) is 0 Å². The van der Waals surface area contributed by atoms with Gasteiger partial charge >= 0.3 is 0 Å². The Morgan fingerprint density at radius 3 is 3.42 bits per heavy atom. The highest BCUT2D eigenvalue weighted by atomic mass is 15.2. The molecule has 2 rings (SSSR count). The molecule has 0 saturated heterocycles. The van der Waals surface area contributed by atoms with E-state index in [-0.39, 0.29) is 6.04 Å². The lowest BCUT2D eigenvalue weighted by atomic mass is 10.1. The van der Waals surface area contributed by atoms with Crippen molar-refractivity contribution in [3.63, 3.8) is 0 Å². The minimum atomic E-state index is 0.164. The van der Waals surface area contributed by atoms with Crippen LogP contribution < -0.4 is 0 Å². The van der Waals surface area contributed by atoms with E-state index in [1.165, 1.54) is 5.69 Å². The number of rotatable bonds is 1. The molecule has 1 aromatic heterocycles.